The standard InChI is InChI=1S/C12H12FN3O/c1-16-7-6-14-12(16)15-11(17)8-9-4-2-3-5-10(9)13/h2-7H,8H2,1H3,(H,14,15,17). The van der Waals surface area contributed by atoms with Crippen LogP contribution in [-0.2, 0) is 18.3 Å². The minimum absolute atomic E-state index is 0.000463. The lowest BCUT2D eigenvalue weighted by atomic mass is 10.1. The third-order valence-electron chi connectivity index (χ3n) is 2.38. The molecule has 0 saturated heterocycles. The smallest absolute Gasteiger partial charge is 0.231 e. The number of halogens is 1. The number of benzene rings is 1. The highest BCUT2D eigenvalue weighted by molar-refractivity contribution is 5.90. The second kappa shape index (κ2) is 4.78. The number of imidazole rings is 1. The molecule has 0 spiro atoms. The summed E-state index contributed by atoms with van der Waals surface area (Å²) in [7, 11) is 1.77. The second-order valence-electron chi connectivity index (χ2n) is 3.68. The molecule has 1 N–H and O–H groups in total. The Morgan fingerprint density at radius 1 is 1.47 bits per heavy atom. The summed E-state index contributed by atoms with van der Waals surface area (Å²) in [4.78, 5) is 15.6. The quantitative estimate of drug-likeness (QED) is 0.877. The van der Waals surface area contributed by atoms with E-state index in [4.69, 9.17) is 0 Å². The van der Waals surface area contributed by atoms with Gasteiger partial charge in [-0.05, 0) is 11.6 Å². The first kappa shape index (κ1) is 11.3. The molecule has 1 aromatic heterocycles. The molecule has 4 nitrogen and oxygen atoms in total. The van der Waals surface area contributed by atoms with E-state index >= 15 is 0 Å². The Bertz CT molecular complexity index is 536. The molecule has 5 heteroatoms. The van der Waals surface area contributed by atoms with Gasteiger partial charge in [0.1, 0.15) is 5.82 Å². The molecule has 0 unspecified atom stereocenters. The number of carbonyl (C=O) groups excluding carboxylic acids is 1. The van der Waals surface area contributed by atoms with Gasteiger partial charge in [0.05, 0.1) is 6.42 Å². The normalized spacial score (nSPS) is 10.2. The molecule has 1 amide bonds. The lowest BCUT2D eigenvalue weighted by Crippen LogP contribution is -2.17. The molecular formula is C12H12FN3O. The maximum atomic E-state index is 13.3. The molecule has 0 aliphatic rings. The van der Waals surface area contributed by atoms with Crippen LogP contribution in [0.2, 0.25) is 0 Å². The number of anilines is 1. The average Bonchev–Trinajstić information content (AvgIpc) is 2.68. The lowest BCUT2D eigenvalue weighted by Gasteiger charge is -2.05. The van der Waals surface area contributed by atoms with Gasteiger partial charge in [0.25, 0.3) is 0 Å². The summed E-state index contributed by atoms with van der Waals surface area (Å²) < 4.78 is 15.0. The van der Waals surface area contributed by atoms with E-state index in [2.05, 4.69) is 10.3 Å². The average molecular weight is 233 g/mol. The number of nitrogens with zero attached hydrogens (tertiary/aromatic N) is 2. The summed E-state index contributed by atoms with van der Waals surface area (Å²) in [6, 6.07) is 6.22. The fraction of sp³-hybridized carbons (Fsp3) is 0.167. The maximum Gasteiger partial charge on any atom is 0.231 e. The molecule has 0 aliphatic heterocycles. The van der Waals surface area contributed by atoms with Crippen molar-refractivity contribution in [3.05, 3.63) is 48.0 Å². The molecule has 2 rings (SSSR count). The van der Waals surface area contributed by atoms with E-state index in [1.807, 2.05) is 0 Å². The maximum absolute atomic E-state index is 13.3. The van der Waals surface area contributed by atoms with Crippen molar-refractivity contribution in [2.45, 2.75) is 6.42 Å². The van der Waals surface area contributed by atoms with Crippen LogP contribution in [0.4, 0.5) is 10.3 Å². The molecule has 0 fully saturated rings. The zero-order valence-corrected chi connectivity index (χ0v) is 9.35. The molecule has 0 radical (unpaired) electrons. The number of hydrogen-bond acceptors (Lipinski definition) is 2. The first-order chi connectivity index (χ1) is 8.16. The van der Waals surface area contributed by atoms with Gasteiger partial charge in [0.15, 0.2) is 0 Å². The van der Waals surface area contributed by atoms with Crippen LogP contribution in [0.25, 0.3) is 0 Å². The second-order valence-corrected chi connectivity index (χ2v) is 3.68. The molecule has 0 atom stereocenters. The molecule has 1 aromatic carbocycles. The van der Waals surface area contributed by atoms with Crippen molar-refractivity contribution in [1.29, 1.82) is 0 Å². The van der Waals surface area contributed by atoms with Gasteiger partial charge in [-0.2, -0.15) is 0 Å². The van der Waals surface area contributed by atoms with Crippen LogP contribution in [0.1, 0.15) is 5.56 Å². The zero-order chi connectivity index (χ0) is 12.3. The number of aromatic nitrogens is 2. The summed E-state index contributed by atoms with van der Waals surface area (Å²) in [6.45, 7) is 0. The third-order valence-corrected chi connectivity index (χ3v) is 2.38. The number of aryl methyl sites for hydroxylation is 1. The topological polar surface area (TPSA) is 46.9 Å². The van der Waals surface area contributed by atoms with E-state index in [9.17, 15) is 9.18 Å². The van der Waals surface area contributed by atoms with Crippen LogP contribution in [0, 0.1) is 5.82 Å². The Labute approximate surface area is 98.1 Å². The fourth-order valence-electron chi connectivity index (χ4n) is 1.47. The highest BCUT2D eigenvalue weighted by atomic mass is 19.1. The number of nitrogens with one attached hydrogen (secondary N) is 1. The van der Waals surface area contributed by atoms with Crippen LogP contribution < -0.4 is 5.32 Å². The van der Waals surface area contributed by atoms with Gasteiger partial charge in [0, 0.05) is 19.4 Å². The van der Waals surface area contributed by atoms with Crippen molar-refractivity contribution in [3.8, 4) is 0 Å². The number of hydrogen-bond donors (Lipinski definition) is 1. The molecule has 0 bridgehead atoms. The van der Waals surface area contributed by atoms with Crippen LogP contribution in [0.5, 0.6) is 0 Å². The summed E-state index contributed by atoms with van der Waals surface area (Å²) in [5.74, 6) is -0.210. The van der Waals surface area contributed by atoms with E-state index in [1.165, 1.54) is 6.07 Å². The van der Waals surface area contributed by atoms with Crippen molar-refractivity contribution in [3.63, 3.8) is 0 Å². The number of rotatable bonds is 3. The molecule has 0 aliphatic carbocycles. The van der Waals surface area contributed by atoms with E-state index in [-0.39, 0.29) is 18.1 Å². The van der Waals surface area contributed by atoms with E-state index in [1.54, 1.807) is 42.2 Å². The molecule has 0 saturated carbocycles. The first-order valence-corrected chi connectivity index (χ1v) is 5.17. The van der Waals surface area contributed by atoms with Gasteiger partial charge in [-0.15, -0.1) is 0 Å². The fourth-order valence-corrected chi connectivity index (χ4v) is 1.47. The largest absolute Gasteiger partial charge is 0.320 e. The molecule has 1 heterocycles. The molecule has 17 heavy (non-hydrogen) atoms. The Hall–Kier alpha value is -2.17. The van der Waals surface area contributed by atoms with E-state index in [0.717, 1.165) is 0 Å². The predicted molar refractivity (Wildman–Crippen MR) is 61.9 cm³/mol. The molecule has 2 aromatic rings. The van der Waals surface area contributed by atoms with Crippen molar-refractivity contribution in [1.82, 2.24) is 9.55 Å². The van der Waals surface area contributed by atoms with Gasteiger partial charge in [-0.25, -0.2) is 9.37 Å². The van der Waals surface area contributed by atoms with E-state index in [0.29, 0.717) is 11.5 Å². The van der Waals surface area contributed by atoms with Crippen molar-refractivity contribution in [2.24, 2.45) is 7.05 Å². The van der Waals surface area contributed by atoms with E-state index < -0.39 is 0 Å². The highest BCUT2D eigenvalue weighted by Crippen LogP contribution is 2.08. The van der Waals surface area contributed by atoms with Crippen molar-refractivity contribution in [2.75, 3.05) is 5.32 Å². The Morgan fingerprint density at radius 2 is 2.24 bits per heavy atom. The number of carbonyl (C=O) groups is 1. The van der Waals surface area contributed by atoms with Crippen LogP contribution in [-0.4, -0.2) is 15.5 Å². The van der Waals surface area contributed by atoms with Gasteiger partial charge in [-0.3, -0.25) is 10.1 Å². The van der Waals surface area contributed by atoms with Crippen LogP contribution >= 0.6 is 0 Å². The van der Waals surface area contributed by atoms with Gasteiger partial charge in [-0.1, -0.05) is 18.2 Å². The van der Waals surface area contributed by atoms with Crippen molar-refractivity contribution < 1.29 is 9.18 Å². The van der Waals surface area contributed by atoms with Gasteiger partial charge < -0.3 is 4.57 Å². The zero-order valence-electron chi connectivity index (χ0n) is 9.35. The highest BCUT2D eigenvalue weighted by Gasteiger charge is 2.09. The Balaban J connectivity index is 2.03. The van der Waals surface area contributed by atoms with Gasteiger partial charge in [0.2, 0.25) is 11.9 Å². The third kappa shape index (κ3) is 2.69. The predicted octanol–water partition coefficient (Wildman–Crippen LogP) is 1.74. The summed E-state index contributed by atoms with van der Waals surface area (Å²) >= 11 is 0. The summed E-state index contributed by atoms with van der Waals surface area (Å²) in [5.41, 5.74) is 0.374. The monoisotopic (exact) mass is 233 g/mol. The minimum atomic E-state index is -0.373. The van der Waals surface area contributed by atoms with Crippen LogP contribution in [0.3, 0.4) is 0 Å². The van der Waals surface area contributed by atoms with Crippen molar-refractivity contribution >= 4 is 11.9 Å². The summed E-state index contributed by atoms with van der Waals surface area (Å²) in [6.07, 6.45) is 3.30. The van der Waals surface area contributed by atoms with Crippen LogP contribution in [0.15, 0.2) is 36.7 Å². The molecular weight excluding hydrogens is 221 g/mol. The first-order valence-electron chi connectivity index (χ1n) is 5.17. The molecule has 88 valence electrons. The Morgan fingerprint density at radius 3 is 2.88 bits per heavy atom. The lowest BCUT2D eigenvalue weighted by molar-refractivity contribution is -0.115. The summed E-state index contributed by atoms with van der Waals surface area (Å²) in [5, 5.41) is 2.61. The van der Waals surface area contributed by atoms with Gasteiger partial charge >= 0.3 is 0 Å². The number of amides is 1. The SMILES string of the molecule is Cn1ccnc1NC(=O)Cc1ccccc1F. The Kier molecular flexibility index (Phi) is 3.18. The minimum Gasteiger partial charge on any atom is -0.320 e.